The minimum atomic E-state index is -0.568. The minimum absolute atomic E-state index is 0.383. The summed E-state index contributed by atoms with van der Waals surface area (Å²) in [5.74, 6) is 1.99. The predicted molar refractivity (Wildman–Crippen MR) is 106 cm³/mol. The molecule has 8 atom stereocenters. The van der Waals surface area contributed by atoms with Crippen LogP contribution in [-0.4, -0.2) is 66.7 Å². The zero-order valence-corrected chi connectivity index (χ0v) is 16.9. The summed E-state index contributed by atoms with van der Waals surface area (Å²) in [6, 6.07) is 1.07. The molecule has 4 saturated heterocycles. The Balaban J connectivity index is 1.41. The molecule has 1 aliphatic carbocycles. The largest absolute Gasteiger partial charge is 0.310 e. The van der Waals surface area contributed by atoms with E-state index in [1.165, 1.54) is 38.6 Å². The lowest BCUT2D eigenvalue weighted by Gasteiger charge is -2.47. The van der Waals surface area contributed by atoms with Crippen molar-refractivity contribution in [3.05, 3.63) is 0 Å². The molecule has 3 N–H and O–H groups in total. The Morgan fingerprint density at radius 3 is 2.78 bits per heavy atom. The lowest BCUT2D eigenvalue weighted by molar-refractivity contribution is -0.00883. The summed E-state index contributed by atoms with van der Waals surface area (Å²) in [6.45, 7) is 6.81. The first-order valence-corrected chi connectivity index (χ1v) is 11.6. The van der Waals surface area contributed by atoms with Gasteiger partial charge in [0.15, 0.2) is 0 Å². The van der Waals surface area contributed by atoms with Crippen LogP contribution in [0.15, 0.2) is 0 Å². The van der Waals surface area contributed by atoms with E-state index >= 15 is 0 Å². The van der Waals surface area contributed by atoms with E-state index < -0.39 is 6.17 Å². The molecule has 6 unspecified atom stereocenters. The molecule has 0 spiro atoms. The lowest BCUT2D eigenvalue weighted by Crippen LogP contribution is -2.65. The topological polar surface area (TPSA) is 42.6 Å². The number of hydrazine groups is 1. The van der Waals surface area contributed by atoms with E-state index in [-0.39, 0.29) is 0 Å². The molecule has 1 saturated carbocycles. The van der Waals surface area contributed by atoms with Gasteiger partial charge < -0.3 is 5.32 Å². The molecule has 4 aliphatic heterocycles. The number of halogens is 1. The summed E-state index contributed by atoms with van der Waals surface area (Å²) < 4.78 is 14.4. The Labute approximate surface area is 163 Å². The van der Waals surface area contributed by atoms with Crippen molar-refractivity contribution < 1.29 is 4.39 Å². The SMILES string of the molecule is C[C@@H]1CCC2CCC(F)CC2[C@@H]2CCCN2C2CCN3NCC(NC1)C3N2. The second kappa shape index (κ2) is 7.86. The Morgan fingerprint density at radius 1 is 0.963 bits per heavy atom. The highest BCUT2D eigenvalue weighted by Crippen LogP contribution is 2.42. The van der Waals surface area contributed by atoms with Gasteiger partial charge in [0.05, 0.1) is 18.4 Å². The zero-order chi connectivity index (χ0) is 18.4. The molecule has 5 fully saturated rings. The van der Waals surface area contributed by atoms with Gasteiger partial charge in [-0.05, 0) is 82.2 Å². The summed E-state index contributed by atoms with van der Waals surface area (Å²) in [6.07, 6.45) is 9.29. The number of nitrogens with zero attached hydrogens (tertiary/aromatic N) is 2. The molecule has 5 nitrogen and oxygen atoms in total. The average Bonchev–Trinajstić information content (AvgIpc) is 3.31. The van der Waals surface area contributed by atoms with Crippen LogP contribution in [0.3, 0.4) is 0 Å². The van der Waals surface area contributed by atoms with Crippen molar-refractivity contribution in [2.45, 2.75) is 88.9 Å². The standard InChI is InChI=1S/C21H38FN5/c1-14-4-5-15-6-7-16(22)11-17(15)19-3-2-9-26(19)20-8-10-27-21(25-20)18(13-24-27)23-12-14/h14-21,23-25H,2-13H2,1H3/t14-,15?,16?,17?,18?,19+,20?,21?/m1/s1. The highest BCUT2D eigenvalue weighted by molar-refractivity contribution is 4.99. The van der Waals surface area contributed by atoms with Crippen molar-refractivity contribution in [2.24, 2.45) is 17.8 Å². The third kappa shape index (κ3) is 3.68. The van der Waals surface area contributed by atoms with Gasteiger partial charge in [-0.3, -0.25) is 15.6 Å². The Hall–Kier alpha value is -0.270. The molecule has 5 aliphatic rings. The fourth-order valence-electron chi connectivity index (χ4n) is 6.71. The molecule has 2 bridgehead atoms. The highest BCUT2D eigenvalue weighted by Gasteiger charge is 2.46. The second-order valence-electron chi connectivity index (χ2n) is 9.95. The van der Waals surface area contributed by atoms with Crippen molar-refractivity contribution >= 4 is 0 Å². The van der Waals surface area contributed by atoms with Gasteiger partial charge in [0.1, 0.15) is 6.17 Å². The van der Waals surface area contributed by atoms with Gasteiger partial charge in [-0.15, -0.1) is 0 Å². The molecule has 0 aromatic carbocycles. The molecule has 0 aromatic heterocycles. The quantitative estimate of drug-likeness (QED) is 0.601. The van der Waals surface area contributed by atoms with Crippen LogP contribution in [0.2, 0.25) is 0 Å². The summed E-state index contributed by atoms with van der Waals surface area (Å²) >= 11 is 0. The van der Waals surface area contributed by atoms with Gasteiger partial charge in [-0.2, -0.15) is 0 Å². The molecular weight excluding hydrogens is 341 g/mol. The van der Waals surface area contributed by atoms with Crippen molar-refractivity contribution in [3.63, 3.8) is 0 Å². The third-order valence-electron chi connectivity index (χ3n) is 8.22. The van der Waals surface area contributed by atoms with Crippen LogP contribution >= 0.6 is 0 Å². The smallest absolute Gasteiger partial charge is 0.100 e. The maximum atomic E-state index is 14.4. The van der Waals surface area contributed by atoms with Gasteiger partial charge >= 0.3 is 0 Å². The molecule has 4 heterocycles. The minimum Gasteiger partial charge on any atom is -0.310 e. The number of hydrogen-bond acceptors (Lipinski definition) is 5. The van der Waals surface area contributed by atoms with Crippen LogP contribution in [0, 0.1) is 17.8 Å². The first kappa shape index (κ1) is 18.7. The van der Waals surface area contributed by atoms with Crippen LogP contribution in [0.5, 0.6) is 0 Å². The molecule has 0 radical (unpaired) electrons. The molecule has 154 valence electrons. The fourth-order valence-corrected chi connectivity index (χ4v) is 6.71. The van der Waals surface area contributed by atoms with Crippen molar-refractivity contribution in [1.29, 1.82) is 0 Å². The van der Waals surface area contributed by atoms with E-state index in [1.807, 2.05) is 0 Å². The molecule has 27 heavy (non-hydrogen) atoms. The normalized spacial score (nSPS) is 49.6. The van der Waals surface area contributed by atoms with Crippen LogP contribution in [-0.2, 0) is 0 Å². The van der Waals surface area contributed by atoms with E-state index in [0.717, 1.165) is 44.8 Å². The van der Waals surface area contributed by atoms with Crippen molar-refractivity contribution in [2.75, 3.05) is 26.2 Å². The number of alkyl halides is 1. The zero-order valence-electron chi connectivity index (χ0n) is 16.9. The molecular formula is C21H38FN5. The van der Waals surface area contributed by atoms with Gasteiger partial charge in [0.2, 0.25) is 0 Å². The second-order valence-corrected chi connectivity index (χ2v) is 9.95. The first-order valence-electron chi connectivity index (χ1n) is 11.6. The number of fused-ring (bicyclic) bond motifs is 5. The number of rotatable bonds is 0. The van der Waals surface area contributed by atoms with Crippen LogP contribution in [0.4, 0.5) is 4.39 Å². The van der Waals surface area contributed by atoms with Crippen LogP contribution in [0.25, 0.3) is 0 Å². The Morgan fingerprint density at radius 2 is 1.85 bits per heavy atom. The molecule has 5 rings (SSSR count). The molecule has 0 amide bonds. The Bertz CT molecular complexity index is 519. The van der Waals surface area contributed by atoms with E-state index in [0.29, 0.717) is 36.3 Å². The summed E-state index contributed by atoms with van der Waals surface area (Å²) in [5, 5.41) is 10.2. The molecule has 6 heteroatoms. The fraction of sp³-hybridized carbons (Fsp3) is 1.00. The maximum Gasteiger partial charge on any atom is 0.100 e. The number of hydrogen-bond donors (Lipinski definition) is 3. The van der Waals surface area contributed by atoms with E-state index in [4.69, 9.17) is 0 Å². The highest BCUT2D eigenvalue weighted by atomic mass is 19.1. The van der Waals surface area contributed by atoms with Crippen LogP contribution in [0.1, 0.15) is 58.3 Å². The third-order valence-corrected chi connectivity index (χ3v) is 8.22. The monoisotopic (exact) mass is 379 g/mol. The lowest BCUT2D eigenvalue weighted by atomic mass is 9.71. The average molecular weight is 380 g/mol. The van der Waals surface area contributed by atoms with E-state index in [2.05, 4.69) is 32.9 Å². The van der Waals surface area contributed by atoms with Gasteiger partial charge in [0.25, 0.3) is 0 Å². The van der Waals surface area contributed by atoms with Gasteiger partial charge in [0, 0.05) is 19.1 Å². The van der Waals surface area contributed by atoms with E-state index in [1.54, 1.807) is 0 Å². The summed E-state index contributed by atoms with van der Waals surface area (Å²) in [5.41, 5.74) is 3.59. The van der Waals surface area contributed by atoms with Gasteiger partial charge in [-0.1, -0.05) is 6.92 Å². The molecule has 0 aromatic rings. The maximum absolute atomic E-state index is 14.4. The van der Waals surface area contributed by atoms with Crippen molar-refractivity contribution in [1.82, 2.24) is 26.0 Å². The van der Waals surface area contributed by atoms with E-state index in [9.17, 15) is 4.39 Å². The van der Waals surface area contributed by atoms with Crippen LogP contribution < -0.4 is 16.1 Å². The first-order chi connectivity index (χ1) is 13.2. The Kier molecular flexibility index (Phi) is 5.46. The predicted octanol–water partition coefficient (Wildman–Crippen LogP) is 2.06. The number of nitrogens with one attached hydrogen (secondary N) is 3. The summed E-state index contributed by atoms with van der Waals surface area (Å²) in [4.78, 5) is 2.75. The summed E-state index contributed by atoms with van der Waals surface area (Å²) in [7, 11) is 0. The van der Waals surface area contributed by atoms with Crippen molar-refractivity contribution in [3.8, 4) is 0 Å². The van der Waals surface area contributed by atoms with Gasteiger partial charge in [-0.25, -0.2) is 9.40 Å².